The summed E-state index contributed by atoms with van der Waals surface area (Å²) in [6.45, 7) is 2.37. The lowest BCUT2D eigenvalue weighted by molar-refractivity contribution is 0.256. The lowest BCUT2D eigenvalue weighted by atomic mass is 9.79. The van der Waals surface area contributed by atoms with Gasteiger partial charge in [0.25, 0.3) is 0 Å². The first-order valence-electron chi connectivity index (χ1n) is 4.48. The van der Waals surface area contributed by atoms with Gasteiger partial charge in [0.15, 0.2) is 0 Å². The molecule has 2 aliphatic carbocycles. The van der Waals surface area contributed by atoms with Crippen LogP contribution in [-0.2, 0) is 0 Å². The van der Waals surface area contributed by atoms with Gasteiger partial charge in [-0.3, -0.25) is 0 Å². The molecule has 2 fully saturated rings. The van der Waals surface area contributed by atoms with E-state index < -0.39 is 0 Å². The Bertz CT molecular complexity index is 144. The molecule has 0 aromatic carbocycles. The summed E-state index contributed by atoms with van der Waals surface area (Å²) in [5, 5.41) is 0. The van der Waals surface area contributed by atoms with E-state index in [9.17, 15) is 0 Å². The van der Waals surface area contributed by atoms with E-state index in [4.69, 9.17) is 5.73 Å². The number of nitrogens with two attached hydrogens (primary N) is 1. The summed E-state index contributed by atoms with van der Waals surface area (Å²) < 4.78 is 0. The second-order valence-corrected chi connectivity index (χ2v) is 4.37. The fraction of sp³-hybridized carbons (Fsp3) is 1.00. The molecule has 1 nitrogen and oxygen atoms in total. The minimum atomic E-state index is 0.565. The van der Waals surface area contributed by atoms with Gasteiger partial charge in [-0.25, -0.2) is 0 Å². The third kappa shape index (κ3) is 0.878. The highest BCUT2D eigenvalue weighted by Gasteiger charge is 2.52. The Morgan fingerprint density at radius 3 is 2.50 bits per heavy atom. The zero-order valence-electron chi connectivity index (χ0n) is 6.77. The molecule has 2 saturated carbocycles. The van der Waals surface area contributed by atoms with Crippen molar-refractivity contribution in [3.8, 4) is 0 Å². The second-order valence-electron chi connectivity index (χ2n) is 4.37. The molecule has 58 valence electrons. The van der Waals surface area contributed by atoms with Crippen LogP contribution in [-0.4, -0.2) is 6.04 Å². The van der Waals surface area contributed by atoms with Gasteiger partial charge in [-0.05, 0) is 30.6 Å². The predicted octanol–water partition coefficient (Wildman–Crippen LogP) is 1.91. The molecule has 1 spiro atoms. The topological polar surface area (TPSA) is 26.0 Å². The summed E-state index contributed by atoms with van der Waals surface area (Å²) in [4.78, 5) is 0. The van der Waals surface area contributed by atoms with E-state index >= 15 is 0 Å². The van der Waals surface area contributed by atoms with Gasteiger partial charge in [0.05, 0.1) is 0 Å². The maximum absolute atomic E-state index is 5.89. The molecule has 10 heavy (non-hydrogen) atoms. The summed E-state index contributed by atoms with van der Waals surface area (Å²) in [6.07, 6.45) is 7.01. The van der Waals surface area contributed by atoms with Gasteiger partial charge in [-0.1, -0.05) is 19.8 Å². The van der Waals surface area contributed by atoms with Crippen LogP contribution in [0.1, 0.15) is 39.0 Å². The molecule has 0 aliphatic heterocycles. The summed E-state index contributed by atoms with van der Waals surface area (Å²) in [7, 11) is 0. The SMILES string of the molecule is CC1CCCC2(C1)CC2N. The van der Waals surface area contributed by atoms with E-state index in [0.717, 1.165) is 5.92 Å². The van der Waals surface area contributed by atoms with Gasteiger partial charge in [0, 0.05) is 6.04 Å². The van der Waals surface area contributed by atoms with Gasteiger partial charge in [0.1, 0.15) is 0 Å². The molecule has 1 heteroatoms. The molecule has 0 aromatic heterocycles. The molecule has 0 heterocycles. The summed E-state index contributed by atoms with van der Waals surface area (Å²) in [5.41, 5.74) is 6.53. The van der Waals surface area contributed by atoms with Crippen molar-refractivity contribution in [3.05, 3.63) is 0 Å². The number of hydrogen-bond donors (Lipinski definition) is 1. The fourth-order valence-corrected chi connectivity index (χ4v) is 2.60. The largest absolute Gasteiger partial charge is 0.327 e. The molecular formula is C9H17N. The van der Waals surface area contributed by atoms with Gasteiger partial charge >= 0.3 is 0 Å². The van der Waals surface area contributed by atoms with Gasteiger partial charge in [0.2, 0.25) is 0 Å². The summed E-state index contributed by atoms with van der Waals surface area (Å²) in [5.74, 6) is 0.947. The lowest BCUT2D eigenvalue weighted by Crippen LogP contribution is -2.21. The predicted molar refractivity (Wildman–Crippen MR) is 42.7 cm³/mol. The average Bonchev–Trinajstić information content (AvgIpc) is 2.41. The van der Waals surface area contributed by atoms with Crippen molar-refractivity contribution in [1.82, 2.24) is 0 Å². The van der Waals surface area contributed by atoms with Gasteiger partial charge in [-0.2, -0.15) is 0 Å². The van der Waals surface area contributed by atoms with Crippen molar-refractivity contribution in [1.29, 1.82) is 0 Å². The molecule has 3 unspecified atom stereocenters. The smallest absolute Gasteiger partial charge is 0.0102 e. The van der Waals surface area contributed by atoms with E-state index in [1.807, 2.05) is 0 Å². The third-order valence-corrected chi connectivity index (χ3v) is 3.38. The zero-order chi connectivity index (χ0) is 7.19. The Labute approximate surface area is 63.0 Å². The van der Waals surface area contributed by atoms with Crippen molar-refractivity contribution < 1.29 is 0 Å². The molecule has 3 atom stereocenters. The van der Waals surface area contributed by atoms with E-state index in [2.05, 4.69) is 6.92 Å². The van der Waals surface area contributed by atoms with Crippen LogP contribution < -0.4 is 5.73 Å². The van der Waals surface area contributed by atoms with E-state index in [0.29, 0.717) is 11.5 Å². The van der Waals surface area contributed by atoms with Crippen LogP contribution >= 0.6 is 0 Å². The minimum Gasteiger partial charge on any atom is -0.327 e. The molecule has 2 aliphatic rings. The fourth-order valence-electron chi connectivity index (χ4n) is 2.60. The highest BCUT2D eigenvalue weighted by atomic mass is 14.8. The highest BCUT2D eigenvalue weighted by molar-refractivity contribution is 5.07. The van der Waals surface area contributed by atoms with Crippen LogP contribution in [0.4, 0.5) is 0 Å². The van der Waals surface area contributed by atoms with Crippen LogP contribution in [0, 0.1) is 11.3 Å². The summed E-state index contributed by atoms with van der Waals surface area (Å²) >= 11 is 0. The Morgan fingerprint density at radius 1 is 1.40 bits per heavy atom. The number of rotatable bonds is 0. The van der Waals surface area contributed by atoms with Gasteiger partial charge < -0.3 is 5.73 Å². The maximum atomic E-state index is 5.89. The van der Waals surface area contributed by atoms with E-state index in [-0.39, 0.29) is 0 Å². The first kappa shape index (κ1) is 6.66. The van der Waals surface area contributed by atoms with Crippen molar-refractivity contribution in [2.75, 3.05) is 0 Å². The molecular weight excluding hydrogens is 122 g/mol. The normalized spacial score (nSPS) is 53.4. The number of hydrogen-bond acceptors (Lipinski definition) is 1. The maximum Gasteiger partial charge on any atom is 0.0102 e. The van der Waals surface area contributed by atoms with Crippen molar-refractivity contribution in [3.63, 3.8) is 0 Å². The van der Waals surface area contributed by atoms with Crippen LogP contribution in [0.3, 0.4) is 0 Å². The highest BCUT2D eigenvalue weighted by Crippen LogP contribution is 2.56. The van der Waals surface area contributed by atoms with Crippen LogP contribution in [0.5, 0.6) is 0 Å². The Kier molecular flexibility index (Phi) is 1.31. The Balaban J connectivity index is 1.99. The third-order valence-electron chi connectivity index (χ3n) is 3.38. The summed E-state index contributed by atoms with van der Waals surface area (Å²) in [6, 6.07) is 0.565. The first-order valence-corrected chi connectivity index (χ1v) is 4.48. The molecule has 2 N–H and O–H groups in total. The molecule has 0 aromatic rings. The zero-order valence-corrected chi connectivity index (χ0v) is 6.77. The molecule has 0 radical (unpaired) electrons. The van der Waals surface area contributed by atoms with E-state index in [1.54, 1.807) is 0 Å². The lowest BCUT2D eigenvalue weighted by Gasteiger charge is -2.26. The van der Waals surface area contributed by atoms with Crippen LogP contribution in [0.25, 0.3) is 0 Å². The Morgan fingerprint density at radius 2 is 2.10 bits per heavy atom. The molecule has 2 rings (SSSR count). The van der Waals surface area contributed by atoms with E-state index in [1.165, 1.54) is 32.1 Å². The Hall–Kier alpha value is -0.0400. The van der Waals surface area contributed by atoms with Crippen LogP contribution in [0.15, 0.2) is 0 Å². The van der Waals surface area contributed by atoms with Gasteiger partial charge in [-0.15, -0.1) is 0 Å². The molecule has 0 amide bonds. The molecule has 0 saturated heterocycles. The van der Waals surface area contributed by atoms with Crippen molar-refractivity contribution in [2.24, 2.45) is 17.1 Å². The van der Waals surface area contributed by atoms with Crippen molar-refractivity contribution in [2.45, 2.75) is 45.1 Å². The standard InChI is InChI=1S/C9H17N/c1-7-3-2-4-9(5-7)6-8(9)10/h7-8H,2-6,10H2,1H3. The molecule has 0 bridgehead atoms. The van der Waals surface area contributed by atoms with Crippen LogP contribution in [0.2, 0.25) is 0 Å². The second kappa shape index (κ2) is 1.97. The quantitative estimate of drug-likeness (QED) is 0.545. The van der Waals surface area contributed by atoms with Crippen molar-refractivity contribution >= 4 is 0 Å². The average molecular weight is 139 g/mol. The first-order chi connectivity index (χ1) is 4.73. The monoisotopic (exact) mass is 139 g/mol. The minimum absolute atomic E-state index is 0.565.